The first-order valence-corrected chi connectivity index (χ1v) is 7.98. The van der Waals surface area contributed by atoms with Crippen LogP contribution < -0.4 is 15.8 Å². The first-order valence-electron chi connectivity index (χ1n) is 7.98. The number of H-pyrrole nitrogens is 1. The molecule has 1 aromatic heterocycles. The highest BCUT2D eigenvalue weighted by Crippen LogP contribution is 2.27. The number of aryl methyl sites for hydroxylation is 1. The number of hydrogen-bond acceptors (Lipinski definition) is 4. The summed E-state index contributed by atoms with van der Waals surface area (Å²) in [6.07, 6.45) is 0. The molecule has 0 radical (unpaired) electrons. The van der Waals surface area contributed by atoms with Crippen LogP contribution in [0.1, 0.15) is 21.6 Å². The summed E-state index contributed by atoms with van der Waals surface area (Å²) in [6.45, 7) is 4.58. The molecule has 0 saturated carbocycles. The van der Waals surface area contributed by atoms with Crippen LogP contribution in [0, 0.1) is 6.92 Å². The van der Waals surface area contributed by atoms with Crippen molar-refractivity contribution >= 4 is 17.3 Å². The van der Waals surface area contributed by atoms with Crippen LogP contribution in [0.5, 0.6) is 0 Å². The molecule has 0 unspecified atom stereocenters. The molecule has 2 aromatic rings. The molecule has 0 saturated heterocycles. The van der Waals surface area contributed by atoms with E-state index in [0.717, 1.165) is 31.0 Å². The van der Waals surface area contributed by atoms with Crippen molar-refractivity contribution in [3.63, 3.8) is 0 Å². The molecule has 126 valence electrons. The van der Waals surface area contributed by atoms with Crippen LogP contribution in [0.25, 0.3) is 0 Å². The fourth-order valence-corrected chi connectivity index (χ4v) is 2.89. The molecule has 24 heavy (non-hydrogen) atoms. The maximum Gasteiger partial charge on any atom is 0.261 e. The number of carbonyl (C=O) groups excluding carboxylic acids is 1. The van der Waals surface area contributed by atoms with E-state index in [2.05, 4.69) is 27.1 Å². The molecule has 1 aromatic carbocycles. The number of anilines is 2. The van der Waals surface area contributed by atoms with Gasteiger partial charge in [0.2, 0.25) is 0 Å². The molecule has 3 rings (SSSR count). The van der Waals surface area contributed by atoms with Gasteiger partial charge in [-0.3, -0.25) is 9.59 Å². The van der Waals surface area contributed by atoms with E-state index in [1.807, 2.05) is 25.2 Å². The topological polar surface area (TPSA) is 68.4 Å². The number of fused-ring (bicyclic) bond motifs is 1. The number of aromatic nitrogens is 1. The summed E-state index contributed by atoms with van der Waals surface area (Å²) < 4.78 is 0. The van der Waals surface area contributed by atoms with E-state index in [-0.39, 0.29) is 11.1 Å². The third-order valence-electron chi connectivity index (χ3n) is 4.31. The highest BCUT2D eigenvalue weighted by molar-refractivity contribution is 6.04. The van der Waals surface area contributed by atoms with Crippen molar-refractivity contribution in [2.45, 2.75) is 13.5 Å². The molecule has 1 aliphatic heterocycles. The second-order valence-corrected chi connectivity index (χ2v) is 6.34. The Bertz CT molecular complexity index is 828. The lowest BCUT2D eigenvalue weighted by Crippen LogP contribution is -2.26. The van der Waals surface area contributed by atoms with Crippen molar-refractivity contribution in [2.75, 3.05) is 37.4 Å². The molecule has 6 nitrogen and oxygen atoms in total. The molecule has 1 amide bonds. The number of amides is 1. The lowest BCUT2D eigenvalue weighted by Gasteiger charge is -2.19. The van der Waals surface area contributed by atoms with E-state index in [4.69, 9.17) is 0 Å². The minimum atomic E-state index is -0.399. The zero-order chi connectivity index (χ0) is 17.3. The summed E-state index contributed by atoms with van der Waals surface area (Å²) >= 11 is 0. The lowest BCUT2D eigenvalue weighted by molar-refractivity contribution is 0.102. The van der Waals surface area contributed by atoms with Gasteiger partial charge < -0.3 is 20.1 Å². The summed E-state index contributed by atoms with van der Waals surface area (Å²) in [5, 5.41) is 2.82. The number of rotatable bonds is 2. The van der Waals surface area contributed by atoms with Crippen molar-refractivity contribution in [1.29, 1.82) is 0 Å². The van der Waals surface area contributed by atoms with Crippen LogP contribution in [-0.2, 0) is 6.54 Å². The molecule has 6 heteroatoms. The van der Waals surface area contributed by atoms with E-state index >= 15 is 0 Å². The predicted molar refractivity (Wildman–Crippen MR) is 95.8 cm³/mol. The van der Waals surface area contributed by atoms with Crippen LogP contribution in [0.3, 0.4) is 0 Å². The van der Waals surface area contributed by atoms with Gasteiger partial charge in [-0.2, -0.15) is 0 Å². The smallest absolute Gasteiger partial charge is 0.261 e. The van der Waals surface area contributed by atoms with Gasteiger partial charge in [-0.25, -0.2) is 0 Å². The van der Waals surface area contributed by atoms with Crippen molar-refractivity contribution < 1.29 is 4.79 Å². The summed E-state index contributed by atoms with van der Waals surface area (Å²) in [5.74, 6) is -0.399. The van der Waals surface area contributed by atoms with Gasteiger partial charge >= 0.3 is 0 Å². The second-order valence-electron chi connectivity index (χ2n) is 6.34. The molecule has 0 aliphatic carbocycles. The number of likely N-dealkylation sites (N-methyl/N-ethyl adjacent to an activating group) is 2. The maximum absolute atomic E-state index is 12.4. The Balaban J connectivity index is 1.86. The minimum Gasteiger partial charge on any atom is -0.373 e. The normalized spacial score (nSPS) is 14.9. The van der Waals surface area contributed by atoms with Crippen molar-refractivity contribution in [3.05, 3.63) is 57.5 Å². The van der Waals surface area contributed by atoms with Crippen LogP contribution in [0.15, 0.2) is 35.1 Å². The zero-order valence-corrected chi connectivity index (χ0v) is 14.2. The number of carbonyl (C=O) groups is 1. The molecule has 0 bridgehead atoms. The Kier molecular flexibility index (Phi) is 4.40. The highest BCUT2D eigenvalue weighted by Gasteiger charge is 2.17. The summed E-state index contributed by atoms with van der Waals surface area (Å²) in [6, 6.07) is 9.15. The SMILES string of the molecule is Cc1ccc(C(=O)Nc2ccc3c(c2)N(C)CCN(C)C3)c(=O)[nH]1. The monoisotopic (exact) mass is 326 g/mol. The molecule has 2 heterocycles. The number of benzene rings is 1. The molecule has 1 aliphatic rings. The molecule has 0 fully saturated rings. The van der Waals surface area contributed by atoms with Crippen LogP contribution >= 0.6 is 0 Å². The third kappa shape index (κ3) is 3.33. The second kappa shape index (κ2) is 6.49. The Morgan fingerprint density at radius 1 is 1.17 bits per heavy atom. The van der Waals surface area contributed by atoms with Crippen molar-refractivity contribution in [2.24, 2.45) is 0 Å². The average Bonchev–Trinajstić information content (AvgIpc) is 2.66. The summed E-state index contributed by atoms with van der Waals surface area (Å²) in [7, 11) is 4.15. The van der Waals surface area contributed by atoms with E-state index in [0.29, 0.717) is 5.69 Å². The van der Waals surface area contributed by atoms with Gasteiger partial charge in [0.05, 0.1) is 0 Å². The van der Waals surface area contributed by atoms with E-state index < -0.39 is 5.91 Å². The Morgan fingerprint density at radius 2 is 1.96 bits per heavy atom. The van der Waals surface area contributed by atoms with Gasteiger partial charge in [-0.05, 0) is 43.8 Å². The van der Waals surface area contributed by atoms with E-state index in [1.165, 1.54) is 5.56 Å². The summed E-state index contributed by atoms with van der Waals surface area (Å²) in [5.41, 5.74) is 3.49. The number of pyridine rings is 1. The minimum absolute atomic E-state index is 0.114. The quantitative estimate of drug-likeness (QED) is 0.883. The third-order valence-corrected chi connectivity index (χ3v) is 4.31. The number of hydrogen-bond donors (Lipinski definition) is 2. The highest BCUT2D eigenvalue weighted by atomic mass is 16.2. The van der Waals surface area contributed by atoms with Gasteiger partial charge in [-0.15, -0.1) is 0 Å². The van der Waals surface area contributed by atoms with Gasteiger partial charge in [0.25, 0.3) is 11.5 Å². The molecule has 0 atom stereocenters. The zero-order valence-electron chi connectivity index (χ0n) is 14.2. The van der Waals surface area contributed by atoms with Gasteiger partial charge in [0.15, 0.2) is 0 Å². The van der Waals surface area contributed by atoms with Crippen molar-refractivity contribution in [1.82, 2.24) is 9.88 Å². The lowest BCUT2D eigenvalue weighted by atomic mass is 10.1. The molecular weight excluding hydrogens is 304 g/mol. The van der Waals surface area contributed by atoms with Crippen LogP contribution in [0.2, 0.25) is 0 Å². The first kappa shape index (κ1) is 16.3. The van der Waals surface area contributed by atoms with Gasteiger partial charge in [0, 0.05) is 43.8 Å². The van der Waals surface area contributed by atoms with Crippen LogP contribution in [0.4, 0.5) is 11.4 Å². The molecular formula is C18H22N4O2. The largest absolute Gasteiger partial charge is 0.373 e. The number of nitrogens with zero attached hydrogens (tertiary/aromatic N) is 2. The fourth-order valence-electron chi connectivity index (χ4n) is 2.89. The Labute approximate surface area is 141 Å². The predicted octanol–water partition coefficient (Wildman–Crippen LogP) is 1.82. The summed E-state index contributed by atoms with van der Waals surface area (Å²) in [4.78, 5) is 31.4. The van der Waals surface area contributed by atoms with Crippen LogP contribution in [-0.4, -0.2) is 43.0 Å². The first-order chi connectivity index (χ1) is 11.4. The fraction of sp³-hybridized carbons (Fsp3) is 0.333. The Hall–Kier alpha value is -2.60. The van der Waals surface area contributed by atoms with Gasteiger partial charge in [0.1, 0.15) is 5.56 Å². The average molecular weight is 326 g/mol. The standard InChI is InChI=1S/C18H22N4O2/c1-12-4-7-15(17(23)19-12)18(24)20-14-6-5-13-11-21(2)8-9-22(3)16(13)10-14/h4-7,10H,8-9,11H2,1-3H3,(H,19,23)(H,20,24). The Morgan fingerprint density at radius 3 is 2.71 bits per heavy atom. The van der Waals surface area contributed by atoms with Gasteiger partial charge in [-0.1, -0.05) is 6.07 Å². The maximum atomic E-state index is 12.4. The van der Waals surface area contributed by atoms with E-state index in [9.17, 15) is 9.59 Å². The molecule has 2 N–H and O–H groups in total. The number of aromatic amines is 1. The van der Waals surface area contributed by atoms with Crippen molar-refractivity contribution in [3.8, 4) is 0 Å². The molecule has 0 spiro atoms. The number of nitrogens with one attached hydrogen (secondary N) is 2. The van der Waals surface area contributed by atoms with E-state index in [1.54, 1.807) is 19.1 Å².